The minimum atomic E-state index is -0.0487. The molecule has 0 aromatic carbocycles. The standard InChI is InChI=1S/C12H19ClN4O.ClH/c1-3-17-11(13)10(8(2)15-17)12(18)16-6-4-5-9(14)7-16;/h9H,3-7,14H2,1-2H3;1H. The molecule has 0 aliphatic carbocycles. The number of amides is 1. The first-order valence-corrected chi connectivity index (χ1v) is 6.70. The molecule has 0 saturated carbocycles. The summed E-state index contributed by atoms with van der Waals surface area (Å²) in [5.74, 6) is -0.0487. The lowest BCUT2D eigenvalue weighted by Gasteiger charge is -2.30. The van der Waals surface area contributed by atoms with Gasteiger partial charge in [0, 0.05) is 25.7 Å². The number of likely N-dealkylation sites (tertiary alicyclic amines) is 1. The first-order valence-electron chi connectivity index (χ1n) is 6.32. The molecule has 1 aliphatic rings. The molecule has 1 aliphatic heterocycles. The second-order valence-corrected chi connectivity index (χ2v) is 5.08. The highest BCUT2D eigenvalue weighted by Crippen LogP contribution is 2.23. The van der Waals surface area contributed by atoms with Gasteiger partial charge in [-0.3, -0.25) is 9.48 Å². The molecular formula is C12H20Cl2N4O. The predicted octanol–water partition coefficient (Wildman–Crippen LogP) is 1.85. The lowest BCUT2D eigenvalue weighted by molar-refractivity contribution is 0.0708. The van der Waals surface area contributed by atoms with Gasteiger partial charge in [0.15, 0.2) is 0 Å². The molecular weight excluding hydrogens is 287 g/mol. The summed E-state index contributed by atoms with van der Waals surface area (Å²) in [6.07, 6.45) is 1.93. The van der Waals surface area contributed by atoms with E-state index in [0.29, 0.717) is 29.5 Å². The van der Waals surface area contributed by atoms with Crippen LogP contribution in [-0.2, 0) is 6.54 Å². The van der Waals surface area contributed by atoms with Gasteiger partial charge >= 0.3 is 0 Å². The minimum absolute atomic E-state index is 0. The van der Waals surface area contributed by atoms with E-state index in [0.717, 1.165) is 19.4 Å². The van der Waals surface area contributed by atoms with E-state index in [1.54, 1.807) is 9.58 Å². The summed E-state index contributed by atoms with van der Waals surface area (Å²) in [5.41, 5.74) is 7.11. The van der Waals surface area contributed by atoms with Gasteiger partial charge in [-0.1, -0.05) is 11.6 Å². The van der Waals surface area contributed by atoms with Crippen LogP contribution in [0.3, 0.4) is 0 Å². The van der Waals surface area contributed by atoms with Crippen molar-refractivity contribution in [3.8, 4) is 0 Å². The largest absolute Gasteiger partial charge is 0.337 e. The zero-order valence-corrected chi connectivity index (χ0v) is 12.8. The maximum Gasteiger partial charge on any atom is 0.258 e. The number of hydrogen-bond acceptors (Lipinski definition) is 3. The number of carbonyl (C=O) groups is 1. The highest BCUT2D eigenvalue weighted by atomic mass is 35.5. The Balaban J connectivity index is 0.00000180. The summed E-state index contributed by atoms with van der Waals surface area (Å²) < 4.78 is 1.65. The van der Waals surface area contributed by atoms with Crippen molar-refractivity contribution in [2.75, 3.05) is 13.1 Å². The molecule has 0 radical (unpaired) electrons. The van der Waals surface area contributed by atoms with Crippen LogP contribution in [0.4, 0.5) is 0 Å². The first-order chi connectivity index (χ1) is 8.54. The molecule has 1 saturated heterocycles. The average molecular weight is 307 g/mol. The molecule has 19 heavy (non-hydrogen) atoms. The number of hydrogen-bond donors (Lipinski definition) is 1. The molecule has 7 heteroatoms. The Bertz CT molecular complexity index is 461. The minimum Gasteiger partial charge on any atom is -0.337 e. The van der Waals surface area contributed by atoms with Gasteiger partial charge in [0.25, 0.3) is 5.91 Å². The molecule has 2 heterocycles. The smallest absolute Gasteiger partial charge is 0.258 e. The van der Waals surface area contributed by atoms with E-state index in [1.165, 1.54) is 0 Å². The van der Waals surface area contributed by atoms with Crippen LogP contribution in [0.5, 0.6) is 0 Å². The van der Waals surface area contributed by atoms with Crippen LogP contribution in [-0.4, -0.2) is 39.7 Å². The van der Waals surface area contributed by atoms with Gasteiger partial charge in [-0.2, -0.15) is 5.10 Å². The Morgan fingerprint density at radius 2 is 2.26 bits per heavy atom. The quantitative estimate of drug-likeness (QED) is 0.907. The van der Waals surface area contributed by atoms with Gasteiger partial charge in [-0.05, 0) is 26.7 Å². The lowest BCUT2D eigenvalue weighted by Crippen LogP contribution is -2.45. The van der Waals surface area contributed by atoms with E-state index in [-0.39, 0.29) is 24.4 Å². The third-order valence-corrected chi connectivity index (χ3v) is 3.71. The van der Waals surface area contributed by atoms with Gasteiger partial charge < -0.3 is 10.6 Å². The van der Waals surface area contributed by atoms with Crippen LogP contribution in [0.1, 0.15) is 35.8 Å². The van der Waals surface area contributed by atoms with Crippen molar-refractivity contribution in [2.45, 2.75) is 39.3 Å². The molecule has 1 aromatic heterocycles. The summed E-state index contributed by atoms with van der Waals surface area (Å²) in [6, 6.07) is 0.0722. The predicted molar refractivity (Wildman–Crippen MR) is 78.0 cm³/mol. The zero-order valence-electron chi connectivity index (χ0n) is 11.2. The van der Waals surface area contributed by atoms with Crippen molar-refractivity contribution in [3.63, 3.8) is 0 Å². The molecule has 1 amide bonds. The molecule has 1 atom stereocenters. The lowest BCUT2D eigenvalue weighted by atomic mass is 10.1. The maximum absolute atomic E-state index is 12.4. The zero-order chi connectivity index (χ0) is 13.3. The van der Waals surface area contributed by atoms with E-state index < -0.39 is 0 Å². The van der Waals surface area contributed by atoms with Crippen molar-refractivity contribution in [2.24, 2.45) is 5.73 Å². The van der Waals surface area contributed by atoms with Gasteiger partial charge in [-0.25, -0.2) is 0 Å². The van der Waals surface area contributed by atoms with Crippen molar-refractivity contribution in [1.29, 1.82) is 0 Å². The van der Waals surface area contributed by atoms with E-state index in [2.05, 4.69) is 5.10 Å². The molecule has 0 spiro atoms. The third-order valence-electron chi connectivity index (χ3n) is 3.32. The number of halogens is 2. The Hall–Kier alpha value is -0.780. The van der Waals surface area contributed by atoms with E-state index in [9.17, 15) is 4.79 Å². The third kappa shape index (κ3) is 3.22. The summed E-state index contributed by atoms with van der Waals surface area (Å²) in [4.78, 5) is 14.2. The van der Waals surface area contributed by atoms with E-state index in [1.807, 2.05) is 13.8 Å². The Kier molecular flexibility index (Phi) is 5.64. The number of aryl methyl sites for hydroxylation is 2. The molecule has 2 rings (SSSR count). The second-order valence-electron chi connectivity index (χ2n) is 4.72. The number of rotatable bonds is 2. The fraction of sp³-hybridized carbons (Fsp3) is 0.667. The van der Waals surface area contributed by atoms with Crippen LogP contribution in [0.15, 0.2) is 0 Å². The van der Waals surface area contributed by atoms with Crippen molar-refractivity contribution in [3.05, 3.63) is 16.4 Å². The number of nitrogens with zero attached hydrogens (tertiary/aromatic N) is 3. The monoisotopic (exact) mass is 306 g/mol. The molecule has 1 aromatic rings. The Labute approximate surface area is 124 Å². The maximum atomic E-state index is 12.4. The van der Waals surface area contributed by atoms with Crippen LogP contribution in [0.2, 0.25) is 5.15 Å². The van der Waals surface area contributed by atoms with Crippen LogP contribution in [0, 0.1) is 6.92 Å². The fourth-order valence-corrected chi connectivity index (χ4v) is 2.73. The highest BCUT2D eigenvalue weighted by molar-refractivity contribution is 6.33. The molecule has 5 nitrogen and oxygen atoms in total. The second kappa shape index (κ2) is 6.59. The summed E-state index contributed by atoms with van der Waals surface area (Å²) in [7, 11) is 0. The molecule has 0 bridgehead atoms. The van der Waals surface area contributed by atoms with E-state index in [4.69, 9.17) is 17.3 Å². The van der Waals surface area contributed by atoms with Gasteiger partial charge in [-0.15, -0.1) is 12.4 Å². The fourth-order valence-electron chi connectivity index (χ4n) is 2.36. The van der Waals surface area contributed by atoms with Crippen LogP contribution < -0.4 is 5.73 Å². The number of aromatic nitrogens is 2. The number of piperidine rings is 1. The topological polar surface area (TPSA) is 64.2 Å². The van der Waals surface area contributed by atoms with Crippen LogP contribution in [0.25, 0.3) is 0 Å². The summed E-state index contributed by atoms with van der Waals surface area (Å²) in [5, 5.41) is 4.70. The van der Waals surface area contributed by atoms with Crippen molar-refractivity contribution >= 4 is 29.9 Å². The van der Waals surface area contributed by atoms with Gasteiger partial charge in [0.1, 0.15) is 5.15 Å². The SMILES string of the molecule is CCn1nc(C)c(C(=O)N2CCCC(N)C2)c1Cl.Cl. The molecule has 2 N–H and O–H groups in total. The highest BCUT2D eigenvalue weighted by Gasteiger charge is 2.27. The molecule has 108 valence electrons. The molecule has 1 fully saturated rings. The van der Waals surface area contributed by atoms with Gasteiger partial charge in [0.05, 0.1) is 11.3 Å². The van der Waals surface area contributed by atoms with Crippen molar-refractivity contribution < 1.29 is 4.79 Å². The van der Waals surface area contributed by atoms with E-state index >= 15 is 0 Å². The van der Waals surface area contributed by atoms with Crippen molar-refractivity contribution in [1.82, 2.24) is 14.7 Å². The average Bonchev–Trinajstić information content (AvgIpc) is 2.63. The summed E-state index contributed by atoms with van der Waals surface area (Å²) in [6.45, 7) is 5.77. The number of nitrogens with two attached hydrogens (primary N) is 1. The normalized spacial score (nSPS) is 19.2. The molecule has 1 unspecified atom stereocenters. The Morgan fingerprint density at radius 3 is 2.79 bits per heavy atom. The first kappa shape index (κ1) is 16.3. The number of carbonyl (C=O) groups excluding carboxylic acids is 1. The Morgan fingerprint density at radius 1 is 1.58 bits per heavy atom. The summed E-state index contributed by atoms with van der Waals surface area (Å²) >= 11 is 6.20. The van der Waals surface area contributed by atoms with Gasteiger partial charge in [0.2, 0.25) is 0 Å². The van der Waals surface area contributed by atoms with Crippen LogP contribution >= 0.6 is 24.0 Å².